The largest absolute Gasteiger partial charge is 0.478 e. The Morgan fingerprint density at radius 2 is 2.35 bits per heavy atom. The van der Waals surface area contributed by atoms with Gasteiger partial charge < -0.3 is 14.7 Å². The monoisotopic (exact) mass is 302 g/mol. The number of aromatic carboxylic acids is 1. The van der Waals surface area contributed by atoms with E-state index in [9.17, 15) is 4.79 Å². The molecule has 0 fully saturated rings. The van der Waals surface area contributed by atoms with E-state index in [0.29, 0.717) is 23.4 Å². The maximum Gasteiger partial charge on any atom is 0.339 e. The van der Waals surface area contributed by atoms with Gasteiger partial charge in [-0.1, -0.05) is 0 Å². The molecule has 0 bridgehead atoms. The molecule has 0 amide bonds. The smallest absolute Gasteiger partial charge is 0.339 e. The van der Waals surface area contributed by atoms with Crippen molar-refractivity contribution >= 4 is 27.7 Å². The number of carboxylic acid groups (broad SMARTS) is 1. The van der Waals surface area contributed by atoms with Gasteiger partial charge in [0, 0.05) is 38.0 Å². The molecule has 1 N–H and O–H groups in total. The summed E-state index contributed by atoms with van der Waals surface area (Å²) in [6, 6.07) is 1.55. The van der Waals surface area contributed by atoms with Crippen LogP contribution in [-0.2, 0) is 4.74 Å². The number of hydrogen-bond donors (Lipinski definition) is 1. The minimum absolute atomic E-state index is 0.194. The van der Waals surface area contributed by atoms with Gasteiger partial charge in [-0.3, -0.25) is 0 Å². The van der Waals surface area contributed by atoms with E-state index in [2.05, 4.69) is 20.9 Å². The Morgan fingerprint density at radius 1 is 1.65 bits per heavy atom. The summed E-state index contributed by atoms with van der Waals surface area (Å²) in [4.78, 5) is 17.0. The molecule has 1 heterocycles. The number of ether oxygens (including phenoxy) is 1. The van der Waals surface area contributed by atoms with Gasteiger partial charge in [0.15, 0.2) is 0 Å². The summed E-state index contributed by atoms with van der Waals surface area (Å²) < 4.78 is 5.61. The van der Waals surface area contributed by atoms with Gasteiger partial charge in [-0.15, -0.1) is 0 Å². The predicted octanol–water partition coefficient (Wildman–Crippen LogP) is 2.02. The molecule has 1 aromatic heterocycles. The number of nitrogens with zero attached hydrogens (tertiary/aromatic N) is 2. The third-order valence-corrected chi connectivity index (χ3v) is 2.70. The number of rotatable bonds is 6. The highest BCUT2D eigenvalue weighted by atomic mass is 79.9. The first kappa shape index (κ1) is 13.9. The van der Waals surface area contributed by atoms with Crippen molar-refractivity contribution in [3.05, 3.63) is 22.3 Å². The van der Waals surface area contributed by atoms with Crippen LogP contribution >= 0.6 is 15.9 Å². The van der Waals surface area contributed by atoms with Crippen molar-refractivity contribution in [1.29, 1.82) is 0 Å². The summed E-state index contributed by atoms with van der Waals surface area (Å²) in [5.41, 5.74) is 0.194. The summed E-state index contributed by atoms with van der Waals surface area (Å²) in [5.74, 6) is -0.510. The van der Waals surface area contributed by atoms with E-state index in [-0.39, 0.29) is 5.56 Å². The lowest BCUT2D eigenvalue weighted by Gasteiger charge is -2.19. The number of carbonyl (C=O) groups is 1. The Labute approximate surface area is 109 Å². The predicted molar refractivity (Wildman–Crippen MR) is 68.7 cm³/mol. The third-order valence-electron chi connectivity index (χ3n) is 2.27. The minimum atomic E-state index is -0.979. The molecule has 5 nitrogen and oxygen atoms in total. The zero-order valence-electron chi connectivity index (χ0n) is 9.81. The number of hydrogen-bond acceptors (Lipinski definition) is 4. The fourth-order valence-electron chi connectivity index (χ4n) is 1.45. The van der Waals surface area contributed by atoms with Crippen LogP contribution in [0.25, 0.3) is 0 Å². The molecule has 0 atom stereocenters. The first-order valence-electron chi connectivity index (χ1n) is 5.15. The number of carboxylic acids is 1. The Kier molecular flexibility index (Phi) is 5.37. The van der Waals surface area contributed by atoms with Crippen molar-refractivity contribution < 1.29 is 14.6 Å². The lowest BCUT2D eigenvalue weighted by Crippen LogP contribution is -2.23. The second-order valence-corrected chi connectivity index (χ2v) is 4.51. The van der Waals surface area contributed by atoms with E-state index in [1.165, 1.54) is 0 Å². The van der Waals surface area contributed by atoms with E-state index in [1.807, 2.05) is 11.9 Å². The topological polar surface area (TPSA) is 62.7 Å². The van der Waals surface area contributed by atoms with Crippen molar-refractivity contribution in [3.63, 3.8) is 0 Å². The quantitative estimate of drug-likeness (QED) is 0.815. The maximum absolute atomic E-state index is 11.1. The summed E-state index contributed by atoms with van der Waals surface area (Å²) in [7, 11) is 3.46. The first-order chi connectivity index (χ1) is 8.06. The van der Waals surface area contributed by atoms with Crippen molar-refractivity contribution in [2.24, 2.45) is 0 Å². The van der Waals surface area contributed by atoms with E-state index < -0.39 is 5.97 Å². The van der Waals surface area contributed by atoms with Crippen LogP contribution in [0, 0.1) is 0 Å². The molecule has 0 saturated carbocycles. The van der Waals surface area contributed by atoms with Gasteiger partial charge in [-0.2, -0.15) is 0 Å². The maximum atomic E-state index is 11.1. The molecule has 0 unspecified atom stereocenters. The van der Waals surface area contributed by atoms with Crippen LogP contribution in [0.3, 0.4) is 0 Å². The van der Waals surface area contributed by atoms with Gasteiger partial charge in [-0.05, 0) is 28.4 Å². The molecule has 17 heavy (non-hydrogen) atoms. The summed E-state index contributed by atoms with van der Waals surface area (Å²) in [5, 5.41) is 9.10. The molecule has 1 aromatic rings. The van der Waals surface area contributed by atoms with Crippen LogP contribution in [0.15, 0.2) is 16.7 Å². The molecule has 6 heteroatoms. The van der Waals surface area contributed by atoms with Gasteiger partial charge in [0.2, 0.25) is 0 Å². The zero-order valence-corrected chi connectivity index (χ0v) is 11.4. The highest BCUT2D eigenvalue weighted by Crippen LogP contribution is 2.20. The number of methoxy groups -OCH3 is 1. The zero-order chi connectivity index (χ0) is 12.8. The summed E-state index contributed by atoms with van der Waals surface area (Å²) in [6.07, 6.45) is 2.42. The molecule has 0 saturated heterocycles. The average molecular weight is 303 g/mol. The molecular formula is C11H15BrN2O3. The SMILES string of the molecule is COCCCN(C)c1ncc(Br)cc1C(=O)O. The highest BCUT2D eigenvalue weighted by molar-refractivity contribution is 9.10. The van der Waals surface area contributed by atoms with Gasteiger partial charge >= 0.3 is 5.97 Å². The van der Waals surface area contributed by atoms with Gasteiger partial charge in [0.1, 0.15) is 11.4 Å². The summed E-state index contributed by atoms with van der Waals surface area (Å²) >= 11 is 3.21. The molecule has 0 aromatic carbocycles. The Morgan fingerprint density at radius 3 is 2.94 bits per heavy atom. The summed E-state index contributed by atoms with van der Waals surface area (Å²) in [6.45, 7) is 1.34. The molecule has 94 valence electrons. The minimum Gasteiger partial charge on any atom is -0.478 e. The standard InChI is InChI=1S/C11H15BrN2O3/c1-14(4-3-5-17-2)10-9(11(15)16)6-8(12)7-13-10/h6-7H,3-5H2,1-2H3,(H,15,16). The fourth-order valence-corrected chi connectivity index (χ4v) is 1.78. The van der Waals surface area contributed by atoms with E-state index in [1.54, 1.807) is 19.4 Å². The highest BCUT2D eigenvalue weighted by Gasteiger charge is 2.15. The van der Waals surface area contributed by atoms with Crippen LogP contribution in [0.4, 0.5) is 5.82 Å². The van der Waals surface area contributed by atoms with Gasteiger partial charge in [0.25, 0.3) is 0 Å². The van der Waals surface area contributed by atoms with Crippen LogP contribution in [0.1, 0.15) is 16.8 Å². The molecule has 0 radical (unpaired) electrons. The van der Waals surface area contributed by atoms with Crippen molar-refractivity contribution in [1.82, 2.24) is 4.98 Å². The van der Waals surface area contributed by atoms with Crippen molar-refractivity contribution in [2.45, 2.75) is 6.42 Å². The molecule has 1 rings (SSSR count). The van der Waals surface area contributed by atoms with Gasteiger partial charge in [-0.25, -0.2) is 9.78 Å². The van der Waals surface area contributed by atoms with Crippen LogP contribution in [0.2, 0.25) is 0 Å². The number of anilines is 1. The molecule has 0 aliphatic heterocycles. The second kappa shape index (κ2) is 6.56. The van der Waals surface area contributed by atoms with Crippen LogP contribution < -0.4 is 4.90 Å². The Balaban J connectivity index is 2.84. The first-order valence-corrected chi connectivity index (χ1v) is 5.94. The molecule has 0 spiro atoms. The average Bonchev–Trinajstić information content (AvgIpc) is 2.29. The fraction of sp³-hybridized carbons (Fsp3) is 0.455. The third kappa shape index (κ3) is 3.98. The number of pyridine rings is 1. The van der Waals surface area contributed by atoms with Crippen LogP contribution in [0.5, 0.6) is 0 Å². The lowest BCUT2D eigenvalue weighted by molar-refractivity contribution is 0.0697. The van der Waals surface area contributed by atoms with E-state index in [0.717, 1.165) is 6.42 Å². The second-order valence-electron chi connectivity index (χ2n) is 3.60. The normalized spacial score (nSPS) is 10.3. The Hall–Kier alpha value is -1.14. The lowest BCUT2D eigenvalue weighted by atomic mass is 10.2. The van der Waals surface area contributed by atoms with Crippen molar-refractivity contribution in [2.75, 3.05) is 32.2 Å². The number of halogens is 1. The molecular weight excluding hydrogens is 288 g/mol. The molecule has 0 aliphatic carbocycles. The van der Waals surface area contributed by atoms with Crippen LogP contribution in [-0.4, -0.2) is 43.4 Å². The van der Waals surface area contributed by atoms with E-state index in [4.69, 9.17) is 9.84 Å². The molecule has 0 aliphatic rings. The van der Waals surface area contributed by atoms with E-state index >= 15 is 0 Å². The van der Waals surface area contributed by atoms with Crippen molar-refractivity contribution in [3.8, 4) is 0 Å². The number of aromatic nitrogens is 1. The Bertz CT molecular complexity index is 398. The van der Waals surface area contributed by atoms with Gasteiger partial charge in [0.05, 0.1) is 0 Å².